The molecule has 266 valence electrons. The predicted octanol–water partition coefficient (Wildman–Crippen LogP) is 13.4. The molecule has 0 spiro atoms. The van der Waals surface area contributed by atoms with Crippen LogP contribution < -0.4 is 4.74 Å². The average molecular weight is 643 g/mol. The van der Waals surface area contributed by atoms with E-state index in [1.165, 1.54) is 141 Å². The second-order valence-electron chi connectivity index (χ2n) is 13.9. The smallest absolute Gasteiger partial charge is 0.311 e. The lowest BCUT2D eigenvalue weighted by Gasteiger charge is -2.13. The number of benzene rings is 1. The van der Waals surface area contributed by atoms with E-state index in [1.807, 2.05) is 31.2 Å². The Labute approximate surface area is 285 Å². The molecule has 4 heteroatoms. The van der Waals surface area contributed by atoms with Crippen molar-refractivity contribution in [3.8, 4) is 5.75 Å². The van der Waals surface area contributed by atoms with Gasteiger partial charge in [0.2, 0.25) is 0 Å². The van der Waals surface area contributed by atoms with E-state index in [9.17, 15) is 9.59 Å². The van der Waals surface area contributed by atoms with Crippen LogP contribution in [0.1, 0.15) is 213 Å². The van der Waals surface area contributed by atoms with Gasteiger partial charge in [-0.3, -0.25) is 9.59 Å². The number of rotatable bonds is 33. The summed E-state index contributed by atoms with van der Waals surface area (Å²) in [5.41, 5.74) is 1.16. The second kappa shape index (κ2) is 31.7. The summed E-state index contributed by atoms with van der Waals surface area (Å²) in [4.78, 5) is 24.5. The van der Waals surface area contributed by atoms with Gasteiger partial charge in [-0.15, -0.1) is 0 Å². The van der Waals surface area contributed by atoms with Crippen LogP contribution in [0.4, 0.5) is 0 Å². The van der Waals surface area contributed by atoms with Crippen LogP contribution in [-0.4, -0.2) is 18.0 Å². The molecule has 1 rings (SSSR count). The third-order valence-corrected chi connectivity index (χ3v) is 9.30. The van der Waals surface area contributed by atoms with Crippen LogP contribution in [0.5, 0.6) is 5.75 Å². The fraction of sp³-hybridized carbons (Fsp3) is 0.810. The largest absolute Gasteiger partial charge is 0.463 e. The topological polar surface area (TPSA) is 52.6 Å². The number of carbonyl (C=O) groups is 2. The first-order chi connectivity index (χ1) is 22.5. The maximum Gasteiger partial charge on any atom is 0.311 e. The van der Waals surface area contributed by atoms with E-state index in [1.54, 1.807) is 0 Å². The summed E-state index contributed by atoms with van der Waals surface area (Å²) in [6.45, 7) is 6.53. The van der Waals surface area contributed by atoms with Crippen molar-refractivity contribution in [1.82, 2.24) is 0 Å². The van der Waals surface area contributed by atoms with Crippen molar-refractivity contribution in [3.63, 3.8) is 0 Å². The molecule has 0 aromatic heterocycles. The molecule has 0 radical (unpaired) electrons. The summed E-state index contributed by atoms with van der Waals surface area (Å²) in [7, 11) is 0. The number of aryl methyl sites for hydroxylation is 1. The summed E-state index contributed by atoms with van der Waals surface area (Å²) < 4.78 is 11.2. The van der Waals surface area contributed by atoms with Gasteiger partial charge in [-0.2, -0.15) is 0 Å². The first-order valence-corrected chi connectivity index (χ1v) is 20.0. The van der Waals surface area contributed by atoms with Gasteiger partial charge in [0.25, 0.3) is 0 Å². The predicted molar refractivity (Wildman–Crippen MR) is 197 cm³/mol. The van der Waals surface area contributed by atoms with Gasteiger partial charge in [-0.05, 0) is 50.3 Å². The third-order valence-electron chi connectivity index (χ3n) is 9.30. The molecule has 0 heterocycles. The normalized spacial score (nSPS) is 11.9. The molecule has 1 aromatic rings. The van der Waals surface area contributed by atoms with E-state index < -0.39 is 0 Å². The van der Waals surface area contributed by atoms with Gasteiger partial charge in [0.05, 0.1) is 6.10 Å². The highest BCUT2D eigenvalue weighted by Crippen LogP contribution is 2.18. The number of hydrogen-bond donors (Lipinski definition) is 0. The maximum atomic E-state index is 12.3. The van der Waals surface area contributed by atoms with Crippen LogP contribution in [0, 0.1) is 0 Å². The van der Waals surface area contributed by atoms with Crippen LogP contribution in [0.15, 0.2) is 24.3 Å². The van der Waals surface area contributed by atoms with Crippen LogP contribution in [0.2, 0.25) is 0 Å². The average Bonchev–Trinajstić information content (AvgIpc) is 3.05. The van der Waals surface area contributed by atoms with Crippen LogP contribution in [0.3, 0.4) is 0 Å². The number of ether oxygens (including phenoxy) is 2. The lowest BCUT2D eigenvalue weighted by molar-refractivity contribution is -0.148. The minimum atomic E-state index is -0.139. The molecule has 0 saturated heterocycles. The van der Waals surface area contributed by atoms with Gasteiger partial charge in [0.15, 0.2) is 0 Å². The Kier molecular flexibility index (Phi) is 29.1. The van der Waals surface area contributed by atoms with Crippen LogP contribution in [-0.2, 0) is 20.7 Å². The Balaban J connectivity index is 1.98. The third kappa shape index (κ3) is 27.3. The summed E-state index contributed by atoms with van der Waals surface area (Å²) in [6, 6.07) is 7.77. The zero-order valence-electron chi connectivity index (χ0n) is 30.7. The number of hydrogen-bond acceptors (Lipinski definition) is 4. The summed E-state index contributed by atoms with van der Waals surface area (Å²) in [5, 5.41) is 0. The molecule has 1 unspecified atom stereocenters. The van der Waals surface area contributed by atoms with Crippen LogP contribution in [0.25, 0.3) is 0 Å². The van der Waals surface area contributed by atoms with Gasteiger partial charge in [0, 0.05) is 12.8 Å². The SMILES string of the molecule is CCCCCCCCCCCCCCCC(=O)Oc1ccc(CCC(C)OC(=O)CCCCCCCCCCCCCCC)cc1. The second-order valence-corrected chi connectivity index (χ2v) is 13.9. The lowest BCUT2D eigenvalue weighted by Crippen LogP contribution is -2.15. The van der Waals surface area contributed by atoms with Gasteiger partial charge in [-0.25, -0.2) is 0 Å². The molecular formula is C42H74O4. The molecule has 46 heavy (non-hydrogen) atoms. The van der Waals surface area contributed by atoms with Gasteiger partial charge >= 0.3 is 11.9 Å². The van der Waals surface area contributed by atoms with Crippen molar-refractivity contribution in [2.45, 2.75) is 219 Å². The van der Waals surface area contributed by atoms with E-state index in [2.05, 4.69) is 13.8 Å². The molecule has 1 atom stereocenters. The van der Waals surface area contributed by atoms with Crippen LogP contribution >= 0.6 is 0 Å². The van der Waals surface area contributed by atoms with Gasteiger partial charge < -0.3 is 9.47 Å². The van der Waals surface area contributed by atoms with Crippen molar-refractivity contribution >= 4 is 11.9 Å². The quantitative estimate of drug-likeness (QED) is 0.0435. The molecule has 0 bridgehead atoms. The lowest BCUT2D eigenvalue weighted by atomic mass is 10.0. The highest BCUT2D eigenvalue weighted by Gasteiger charge is 2.10. The molecular weight excluding hydrogens is 568 g/mol. The molecule has 0 saturated carbocycles. The summed E-state index contributed by atoms with van der Waals surface area (Å²) >= 11 is 0. The summed E-state index contributed by atoms with van der Waals surface area (Å²) in [5.74, 6) is 0.405. The van der Waals surface area contributed by atoms with Gasteiger partial charge in [-0.1, -0.05) is 180 Å². The molecule has 0 aliphatic heterocycles. The van der Waals surface area contributed by atoms with Crippen molar-refractivity contribution < 1.29 is 19.1 Å². The maximum absolute atomic E-state index is 12.3. The fourth-order valence-electron chi connectivity index (χ4n) is 6.19. The van der Waals surface area contributed by atoms with E-state index in [-0.39, 0.29) is 18.0 Å². The van der Waals surface area contributed by atoms with Gasteiger partial charge in [0.1, 0.15) is 5.75 Å². The Morgan fingerprint density at radius 2 is 0.848 bits per heavy atom. The minimum Gasteiger partial charge on any atom is -0.463 e. The Bertz CT molecular complexity index is 817. The number of carbonyl (C=O) groups excluding carboxylic acids is 2. The van der Waals surface area contributed by atoms with E-state index in [0.717, 1.165) is 44.1 Å². The zero-order chi connectivity index (χ0) is 33.3. The molecule has 1 aromatic carbocycles. The Morgan fingerprint density at radius 1 is 0.500 bits per heavy atom. The van der Waals surface area contributed by atoms with E-state index in [4.69, 9.17) is 9.47 Å². The number of esters is 2. The zero-order valence-corrected chi connectivity index (χ0v) is 30.7. The fourth-order valence-corrected chi connectivity index (χ4v) is 6.19. The monoisotopic (exact) mass is 643 g/mol. The number of unbranched alkanes of at least 4 members (excludes halogenated alkanes) is 24. The Hall–Kier alpha value is -1.84. The molecule has 0 amide bonds. The highest BCUT2D eigenvalue weighted by atomic mass is 16.5. The minimum absolute atomic E-state index is 0.0682. The van der Waals surface area contributed by atoms with Crippen molar-refractivity contribution in [2.75, 3.05) is 0 Å². The van der Waals surface area contributed by atoms with E-state index in [0.29, 0.717) is 18.6 Å². The van der Waals surface area contributed by atoms with Crippen molar-refractivity contribution in [3.05, 3.63) is 29.8 Å². The molecule has 0 N–H and O–H groups in total. The first-order valence-electron chi connectivity index (χ1n) is 20.0. The molecule has 4 nitrogen and oxygen atoms in total. The molecule has 0 fully saturated rings. The molecule has 0 aliphatic carbocycles. The first kappa shape index (κ1) is 42.2. The molecule has 0 aliphatic rings. The summed E-state index contributed by atoms with van der Waals surface area (Å²) in [6.07, 6.45) is 36.4. The Morgan fingerprint density at radius 3 is 1.24 bits per heavy atom. The standard InChI is InChI=1S/C42H74O4/c1-4-6-8-10-12-14-16-18-20-22-24-26-28-30-41(43)45-38(3)32-33-39-34-36-40(37-35-39)46-42(44)31-29-27-25-23-21-19-17-15-13-11-9-7-5-2/h34-38H,4-33H2,1-3H3. The van der Waals surface area contributed by atoms with Crippen molar-refractivity contribution in [2.24, 2.45) is 0 Å². The highest BCUT2D eigenvalue weighted by molar-refractivity contribution is 5.72. The van der Waals surface area contributed by atoms with E-state index >= 15 is 0 Å². The van der Waals surface area contributed by atoms with Crippen molar-refractivity contribution in [1.29, 1.82) is 0 Å².